The normalized spacial score (nSPS) is 17.4. The van der Waals surface area contributed by atoms with E-state index in [9.17, 15) is 14.7 Å². The fraction of sp³-hybridized carbons (Fsp3) is 0.161. The average molecular weight is 561 g/mol. The van der Waals surface area contributed by atoms with Gasteiger partial charge in [-0.3, -0.25) is 14.4 Å². The molecule has 4 aromatic rings. The van der Waals surface area contributed by atoms with Gasteiger partial charge in [-0.25, -0.2) is 5.48 Å². The third-order valence-electron chi connectivity index (χ3n) is 6.89. The van der Waals surface area contributed by atoms with Crippen LogP contribution >= 0.6 is 23.2 Å². The van der Waals surface area contributed by atoms with Gasteiger partial charge in [0.25, 0.3) is 11.8 Å². The molecule has 5 rings (SSSR count). The van der Waals surface area contributed by atoms with Gasteiger partial charge in [0.05, 0.1) is 31.2 Å². The maximum Gasteiger partial charge on any atom is 0.255 e. The summed E-state index contributed by atoms with van der Waals surface area (Å²) in [5.41, 5.74) is 5.65. The van der Waals surface area contributed by atoms with Gasteiger partial charge in [-0.15, -0.1) is 0 Å². The largest absolute Gasteiger partial charge is 0.394 e. The highest BCUT2D eigenvalue weighted by atomic mass is 35.5. The van der Waals surface area contributed by atoms with E-state index < -0.39 is 23.9 Å². The molecule has 1 aliphatic heterocycles. The molecular weight excluding hydrogens is 535 g/mol. The molecule has 6 nitrogen and oxygen atoms in total. The van der Waals surface area contributed by atoms with Crippen LogP contribution in [0.3, 0.4) is 0 Å². The van der Waals surface area contributed by atoms with Crippen LogP contribution in [0.1, 0.15) is 50.6 Å². The summed E-state index contributed by atoms with van der Waals surface area (Å²) < 4.78 is 0. The van der Waals surface area contributed by atoms with Gasteiger partial charge in [-0.2, -0.15) is 0 Å². The van der Waals surface area contributed by atoms with Crippen LogP contribution < -0.4 is 5.48 Å². The first kappa shape index (κ1) is 26.9. The van der Waals surface area contributed by atoms with E-state index in [1.807, 2.05) is 60.7 Å². The first-order valence-corrected chi connectivity index (χ1v) is 13.2. The molecule has 198 valence electrons. The van der Waals surface area contributed by atoms with Gasteiger partial charge >= 0.3 is 0 Å². The van der Waals surface area contributed by atoms with Crippen molar-refractivity contribution in [2.75, 3.05) is 6.61 Å². The van der Waals surface area contributed by atoms with Gasteiger partial charge in [0.2, 0.25) is 0 Å². The zero-order chi connectivity index (χ0) is 27.4. The lowest BCUT2D eigenvalue weighted by molar-refractivity contribution is -0.138. The van der Waals surface area contributed by atoms with E-state index in [1.165, 1.54) is 0 Å². The lowest BCUT2D eigenvalue weighted by atomic mass is 9.78. The van der Waals surface area contributed by atoms with E-state index >= 15 is 0 Å². The summed E-state index contributed by atoms with van der Waals surface area (Å²) in [6, 6.07) is 29.0. The maximum absolute atomic E-state index is 14.1. The third-order valence-corrected chi connectivity index (χ3v) is 7.45. The number of carbonyl (C=O) groups is 2. The molecule has 3 atom stereocenters. The van der Waals surface area contributed by atoms with E-state index in [4.69, 9.17) is 28.0 Å². The maximum atomic E-state index is 14.1. The number of carbonyl (C=O) groups excluding carboxylic acids is 2. The third kappa shape index (κ3) is 5.56. The average Bonchev–Trinajstić information content (AvgIpc) is 2.96. The van der Waals surface area contributed by atoms with E-state index in [0.717, 1.165) is 11.1 Å². The van der Waals surface area contributed by atoms with E-state index in [2.05, 4.69) is 5.48 Å². The number of hydrogen-bond donors (Lipinski definition) is 2. The van der Waals surface area contributed by atoms with Crippen LogP contribution in [0, 0.1) is 0 Å². The topological polar surface area (TPSA) is 78.9 Å². The lowest BCUT2D eigenvalue weighted by Crippen LogP contribution is -2.49. The predicted octanol–water partition coefficient (Wildman–Crippen LogP) is 6.26. The number of hydroxylamine groups is 1. The molecule has 0 saturated heterocycles. The Morgan fingerprint density at radius 3 is 2.26 bits per heavy atom. The molecule has 2 N–H and O–H groups in total. The second-order valence-electron chi connectivity index (χ2n) is 9.24. The molecule has 0 radical (unpaired) electrons. The Morgan fingerprint density at radius 2 is 1.56 bits per heavy atom. The van der Waals surface area contributed by atoms with Gasteiger partial charge in [0, 0.05) is 15.6 Å². The Morgan fingerprint density at radius 1 is 0.897 bits per heavy atom. The van der Waals surface area contributed by atoms with Gasteiger partial charge < -0.3 is 10.0 Å². The van der Waals surface area contributed by atoms with Crippen molar-refractivity contribution in [1.82, 2.24) is 10.4 Å². The van der Waals surface area contributed by atoms with Crippen LogP contribution in [-0.4, -0.2) is 28.4 Å². The first-order valence-electron chi connectivity index (χ1n) is 12.5. The second-order valence-corrected chi connectivity index (χ2v) is 10.1. The summed E-state index contributed by atoms with van der Waals surface area (Å²) in [5.74, 6) is -1.67. The Balaban J connectivity index is 1.62. The van der Waals surface area contributed by atoms with E-state index in [0.29, 0.717) is 26.7 Å². The van der Waals surface area contributed by atoms with Gasteiger partial charge in [-0.1, -0.05) is 108 Å². The summed E-state index contributed by atoms with van der Waals surface area (Å²) in [7, 11) is 0. The van der Waals surface area contributed by atoms with Crippen LogP contribution in [-0.2, 0) is 16.2 Å². The smallest absolute Gasteiger partial charge is 0.255 e. The number of hydrogen-bond acceptors (Lipinski definition) is 4. The molecular formula is C31H26Cl2N2O4. The van der Waals surface area contributed by atoms with Crippen molar-refractivity contribution in [3.05, 3.63) is 141 Å². The molecule has 8 heteroatoms. The highest BCUT2D eigenvalue weighted by molar-refractivity contribution is 6.35. The predicted molar refractivity (Wildman–Crippen MR) is 150 cm³/mol. The number of nitrogens with zero attached hydrogens (tertiary/aromatic N) is 1. The van der Waals surface area contributed by atoms with Crippen LogP contribution in [0.25, 0.3) is 0 Å². The SMILES string of the molecule is O=C(NOCc1ccccc1)[C@H]1c2ccccc2C(=O)N([C@H](CO)c2ccccc2)[C@@H]1c1ccc(Cl)cc1Cl. The molecule has 0 saturated carbocycles. The number of nitrogens with one attached hydrogen (secondary N) is 1. The van der Waals surface area contributed by atoms with Crippen LogP contribution in [0.15, 0.2) is 103 Å². The van der Waals surface area contributed by atoms with Gasteiger partial charge in [0.15, 0.2) is 0 Å². The van der Waals surface area contributed by atoms with Crippen molar-refractivity contribution in [3.8, 4) is 0 Å². The number of aliphatic hydroxyl groups excluding tert-OH is 1. The second kappa shape index (κ2) is 12.0. The Bertz CT molecular complexity index is 1470. The summed E-state index contributed by atoms with van der Waals surface area (Å²) in [4.78, 5) is 35.2. The molecule has 4 aromatic carbocycles. The summed E-state index contributed by atoms with van der Waals surface area (Å²) in [6.07, 6.45) is 0. The Hall–Kier alpha value is -3.68. The molecule has 2 amide bonds. The molecule has 0 fully saturated rings. The van der Waals surface area contributed by atoms with Crippen molar-refractivity contribution < 1.29 is 19.5 Å². The standard InChI is InChI=1S/C31H26Cl2N2O4/c32-22-15-16-25(26(33)17-22)29-28(30(37)34-39-19-20-9-3-1-4-10-20)23-13-7-8-14-24(23)31(38)35(29)27(18-36)21-11-5-2-6-12-21/h1-17,27-29,36H,18-19H2,(H,34,37)/t27-,28+,29-/m1/s1. The summed E-state index contributed by atoms with van der Waals surface area (Å²) >= 11 is 12.9. The number of amides is 2. The van der Waals surface area contributed by atoms with Crippen molar-refractivity contribution >= 4 is 35.0 Å². The minimum Gasteiger partial charge on any atom is -0.394 e. The fourth-order valence-electron chi connectivity index (χ4n) is 5.11. The molecule has 1 aliphatic rings. The molecule has 0 unspecified atom stereocenters. The molecule has 0 aromatic heterocycles. The highest BCUT2D eigenvalue weighted by Crippen LogP contribution is 2.48. The number of halogens is 2. The minimum atomic E-state index is -0.897. The van der Waals surface area contributed by atoms with Gasteiger partial charge in [0.1, 0.15) is 0 Å². The first-order chi connectivity index (χ1) is 19.0. The van der Waals surface area contributed by atoms with E-state index in [1.54, 1.807) is 47.4 Å². The number of aliphatic hydroxyl groups is 1. The number of benzene rings is 4. The fourth-order valence-corrected chi connectivity index (χ4v) is 5.63. The Kier molecular flexibility index (Phi) is 8.29. The summed E-state index contributed by atoms with van der Waals surface area (Å²) in [5, 5.41) is 11.3. The van der Waals surface area contributed by atoms with Gasteiger partial charge in [-0.05, 0) is 40.5 Å². The monoisotopic (exact) mass is 560 g/mol. The zero-order valence-corrected chi connectivity index (χ0v) is 22.3. The highest BCUT2D eigenvalue weighted by Gasteiger charge is 2.47. The zero-order valence-electron chi connectivity index (χ0n) is 20.8. The van der Waals surface area contributed by atoms with Crippen LogP contribution in [0.4, 0.5) is 0 Å². The molecule has 0 aliphatic carbocycles. The molecule has 39 heavy (non-hydrogen) atoms. The quantitative estimate of drug-likeness (QED) is 0.249. The van der Waals surface area contributed by atoms with Crippen molar-refractivity contribution in [1.29, 1.82) is 0 Å². The van der Waals surface area contributed by atoms with Crippen molar-refractivity contribution in [3.63, 3.8) is 0 Å². The molecule has 0 bridgehead atoms. The summed E-state index contributed by atoms with van der Waals surface area (Å²) in [6.45, 7) is -0.197. The minimum absolute atomic E-state index is 0.166. The van der Waals surface area contributed by atoms with Crippen LogP contribution in [0.2, 0.25) is 10.0 Å². The number of fused-ring (bicyclic) bond motifs is 1. The number of rotatable bonds is 8. The van der Waals surface area contributed by atoms with Crippen molar-refractivity contribution in [2.45, 2.75) is 24.6 Å². The molecule has 1 heterocycles. The van der Waals surface area contributed by atoms with Crippen LogP contribution in [0.5, 0.6) is 0 Å². The lowest BCUT2D eigenvalue weighted by Gasteiger charge is -2.45. The van der Waals surface area contributed by atoms with E-state index in [-0.39, 0.29) is 19.1 Å². The molecule has 0 spiro atoms. The van der Waals surface area contributed by atoms with Crippen molar-refractivity contribution in [2.24, 2.45) is 0 Å². The Labute approximate surface area is 236 Å².